The summed E-state index contributed by atoms with van der Waals surface area (Å²) in [5, 5.41) is 2.98. The first-order valence-electron chi connectivity index (χ1n) is 15.3. The van der Waals surface area contributed by atoms with Crippen LogP contribution < -0.4 is 24.4 Å². The number of hydrogen-bond acceptors (Lipinski definition) is 5. The van der Waals surface area contributed by atoms with Gasteiger partial charge in [0.15, 0.2) is 16.3 Å². The highest BCUT2D eigenvalue weighted by molar-refractivity contribution is 14.1. The van der Waals surface area contributed by atoms with E-state index in [4.69, 9.17) is 26.1 Å². The highest BCUT2D eigenvalue weighted by Gasteiger charge is 2.33. The predicted molar refractivity (Wildman–Crippen MR) is 198 cm³/mol. The zero-order valence-corrected chi connectivity index (χ0v) is 29.1. The molecule has 47 heavy (non-hydrogen) atoms. The van der Waals surface area contributed by atoms with Crippen LogP contribution in [0.2, 0.25) is 5.02 Å². The van der Waals surface area contributed by atoms with Gasteiger partial charge in [0.25, 0.3) is 5.56 Å². The molecule has 5 aromatic carbocycles. The van der Waals surface area contributed by atoms with Crippen molar-refractivity contribution in [2.45, 2.75) is 25.5 Å². The molecule has 0 saturated heterocycles. The molecule has 0 spiro atoms. The quantitative estimate of drug-likeness (QED) is 0.160. The minimum absolute atomic E-state index is 0.0886. The van der Waals surface area contributed by atoms with Crippen LogP contribution in [0.15, 0.2) is 118 Å². The molecule has 1 atom stereocenters. The minimum atomic E-state index is -0.329. The van der Waals surface area contributed by atoms with Crippen LogP contribution in [0, 0.1) is 3.57 Å². The first kappa shape index (κ1) is 30.2. The molecule has 5 nitrogen and oxygen atoms in total. The Labute approximate surface area is 294 Å². The van der Waals surface area contributed by atoms with Gasteiger partial charge < -0.3 is 9.47 Å². The van der Waals surface area contributed by atoms with Crippen molar-refractivity contribution in [3.8, 4) is 11.5 Å². The van der Waals surface area contributed by atoms with Gasteiger partial charge in [0.05, 0.1) is 27.0 Å². The molecule has 8 rings (SSSR count). The fourth-order valence-electron chi connectivity index (χ4n) is 6.68. The number of rotatable bonds is 6. The van der Waals surface area contributed by atoms with Gasteiger partial charge in [0.1, 0.15) is 6.61 Å². The Morgan fingerprint density at radius 3 is 2.64 bits per heavy atom. The summed E-state index contributed by atoms with van der Waals surface area (Å²) in [6.07, 6.45) is 3.62. The fraction of sp³-hybridized carbons (Fsp3) is 0.128. The van der Waals surface area contributed by atoms with E-state index in [1.54, 1.807) is 7.11 Å². The zero-order chi connectivity index (χ0) is 32.1. The number of aromatic nitrogens is 1. The molecular weight excluding hydrogens is 739 g/mol. The lowest BCUT2D eigenvalue weighted by Gasteiger charge is -2.31. The summed E-state index contributed by atoms with van der Waals surface area (Å²) >= 11 is 10.5. The summed E-state index contributed by atoms with van der Waals surface area (Å²) in [7, 11) is 1.64. The van der Waals surface area contributed by atoms with Crippen molar-refractivity contribution in [3.63, 3.8) is 0 Å². The van der Waals surface area contributed by atoms with Gasteiger partial charge in [-0.3, -0.25) is 9.36 Å². The van der Waals surface area contributed by atoms with E-state index in [-0.39, 0.29) is 11.6 Å². The number of aryl methyl sites for hydroxylation is 1. The Hall–Kier alpha value is -4.18. The van der Waals surface area contributed by atoms with Crippen LogP contribution in [0.4, 0.5) is 0 Å². The van der Waals surface area contributed by atoms with Crippen LogP contribution in [-0.2, 0) is 13.0 Å². The summed E-state index contributed by atoms with van der Waals surface area (Å²) in [5.41, 5.74) is 7.25. The van der Waals surface area contributed by atoms with Crippen molar-refractivity contribution in [2.75, 3.05) is 7.11 Å². The number of ether oxygens (including phenoxy) is 2. The average molecular weight is 767 g/mol. The van der Waals surface area contributed by atoms with Gasteiger partial charge in [-0.1, -0.05) is 108 Å². The SMILES string of the molecule is COc1cc(/C=c2/sc3n(c2=O)[C@H](c2ccccc2Cl)C2=C(N=3)c3ccccc3CC2)cc(I)c1OCc1cccc2ccccc12. The van der Waals surface area contributed by atoms with Crippen molar-refractivity contribution >= 4 is 68.1 Å². The smallest absolute Gasteiger partial charge is 0.271 e. The van der Waals surface area contributed by atoms with E-state index >= 15 is 0 Å². The molecule has 0 bridgehead atoms. The second-order valence-electron chi connectivity index (χ2n) is 11.6. The predicted octanol–water partition coefficient (Wildman–Crippen LogP) is 8.32. The second-order valence-corrected chi connectivity index (χ2v) is 14.2. The molecule has 6 aromatic rings. The number of nitrogens with zero attached hydrogens (tertiary/aromatic N) is 2. The van der Waals surface area contributed by atoms with Gasteiger partial charge in [-0.2, -0.15) is 0 Å². The van der Waals surface area contributed by atoms with E-state index in [1.165, 1.54) is 22.3 Å². The van der Waals surface area contributed by atoms with Gasteiger partial charge in [-0.05, 0) is 98.3 Å². The Balaban J connectivity index is 1.21. The lowest BCUT2D eigenvalue weighted by molar-refractivity contribution is 0.283. The van der Waals surface area contributed by atoms with Crippen molar-refractivity contribution in [2.24, 2.45) is 4.99 Å². The van der Waals surface area contributed by atoms with Crippen LogP contribution in [-0.4, -0.2) is 11.7 Å². The Kier molecular flexibility index (Phi) is 7.99. The van der Waals surface area contributed by atoms with Gasteiger partial charge in [-0.15, -0.1) is 0 Å². The maximum atomic E-state index is 14.3. The number of methoxy groups -OCH3 is 1. The molecule has 0 saturated carbocycles. The zero-order valence-electron chi connectivity index (χ0n) is 25.4. The monoisotopic (exact) mass is 766 g/mol. The number of fused-ring (bicyclic) bond motifs is 4. The third-order valence-electron chi connectivity index (χ3n) is 8.87. The molecule has 1 aliphatic heterocycles. The first-order valence-corrected chi connectivity index (χ1v) is 17.6. The molecule has 0 unspecified atom stereocenters. The van der Waals surface area contributed by atoms with E-state index in [0.29, 0.717) is 32.5 Å². The molecule has 2 aliphatic rings. The van der Waals surface area contributed by atoms with Crippen LogP contribution in [0.3, 0.4) is 0 Å². The van der Waals surface area contributed by atoms with Crippen LogP contribution >= 0.6 is 45.5 Å². The molecule has 0 N–H and O–H groups in total. The van der Waals surface area contributed by atoms with Crippen LogP contribution in [0.5, 0.6) is 11.5 Å². The van der Waals surface area contributed by atoms with Crippen molar-refractivity contribution in [1.82, 2.24) is 4.57 Å². The second kappa shape index (κ2) is 12.4. The molecule has 1 aromatic heterocycles. The average Bonchev–Trinajstić information content (AvgIpc) is 3.40. The van der Waals surface area contributed by atoms with E-state index < -0.39 is 0 Å². The Morgan fingerprint density at radius 1 is 0.979 bits per heavy atom. The van der Waals surface area contributed by atoms with Gasteiger partial charge in [0.2, 0.25) is 0 Å². The summed E-state index contributed by atoms with van der Waals surface area (Å²) in [6.45, 7) is 0.404. The highest BCUT2D eigenvalue weighted by atomic mass is 127. The summed E-state index contributed by atoms with van der Waals surface area (Å²) < 4.78 is 15.5. The van der Waals surface area contributed by atoms with E-state index in [0.717, 1.165) is 55.3 Å². The molecule has 0 amide bonds. The maximum Gasteiger partial charge on any atom is 0.271 e. The molecule has 0 fully saturated rings. The number of thiazole rings is 1. The van der Waals surface area contributed by atoms with Crippen LogP contribution in [0.25, 0.3) is 22.5 Å². The first-order chi connectivity index (χ1) is 23.0. The van der Waals surface area contributed by atoms with Crippen molar-refractivity contribution in [1.29, 1.82) is 0 Å². The lowest BCUT2D eigenvalue weighted by atomic mass is 9.83. The van der Waals surface area contributed by atoms with E-state index in [1.807, 2.05) is 65.2 Å². The minimum Gasteiger partial charge on any atom is -0.493 e. The molecule has 2 heterocycles. The van der Waals surface area contributed by atoms with Crippen molar-refractivity contribution < 1.29 is 9.47 Å². The fourth-order valence-corrected chi connectivity index (χ4v) is 8.70. The summed E-state index contributed by atoms with van der Waals surface area (Å²) in [5.74, 6) is 1.28. The van der Waals surface area contributed by atoms with Crippen LogP contribution in [0.1, 0.15) is 40.3 Å². The van der Waals surface area contributed by atoms with E-state index in [2.05, 4.69) is 71.1 Å². The summed E-state index contributed by atoms with van der Waals surface area (Å²) in [4.78, 5) is 20.1. The van der Waals surface area contributed by atoms with Gasteiger partial charge in [0, 0.05) is 10.6 Å². The number of allylic oxidation sites excluding steroid dienone is 1. The summed E-state index contributed by atoms with van der Waals surface area (Å²) in [6, 6.07) is 34.4. The third kappa shape index (κ3) is 5.40. The van der Waals surface area contributed by atoms with Crippen molar-refractivity contribution in [3.05, 3.63) is 165 Å². The number of benzene rings is 5. The molecule has 1 aliphatic carbocycles. The Bertz CT molecular complexity index is 2420. The largest absolute Gasteiger partial charge is 0.493 e. The highest BCUT2D eigenvalue weighted by Crippen LogP contribution is 2.43. The molecule has 232 valence electrons. The molecular formula is C39H28ClIN2O3S. The topological polar surface area (TPSA) is 52.8 Å². The number of halogens is 2. The third-order valence-corrected chi connectivity index (χ3v) is 11.0. The normalized spacial score (nSPS) is 15.6. The Morgan fingerprint density at radius 2 is 1.77 bits per heavy atom. The number of hydrogen-bond donors (Lipinski definition) is 0. The van der Waals surface area contributed by atoms with Gasteiger partial charge in [-0.25, -0.2) is 4.99 Å². The maximum absolute atomic E-state index is 14.3. The standard InChI is InChI=1S/C39H28ClIN2O3S/c1-45-33-20-23(19-32(41)37(33)46-22-26-12-8-11-24-9-2-4-13-27(24)26)21-34-38(44)43-36(29-15-6-7-16-31(29)40)30-18-17-25-10-3-5-14-28(25)35(30)42-39(43)47-34/h2-16,19-21,36H,17-18,22H2,1H3/b34-21+/t36-/m1/s1. The van der Waals surface area contributed by atoms with E-state index in [9.17, 15) is 4.79 Å². The molecule has 0 radical (unpaired) electrons. The van der Waals surface area contributed by atoms with Gasteiger partial charge >= 0.3 is 0 Å². The lowest BCUT2D eigenvalue weighted by Crippen LogP contribution is -2.38. The molecule has 8 heteroatoms.